The molecule has 0 spiro atoms. The monoisotopic (exact) mass is 564 g/mol. The number of pyridine rings is 2. The molecule has 1 aliphatic rings. The van der Waals surface area contributed by atoms with Crippen molar-refractivity contribution in [1.82, 2.24) is 29.7 Å². The summed E-state index contributed by atoms with van der Waals surface area (Å²) < 4.78 is 61.4. The number of benzene rings is 1. The summed E-state index contributed by atoms with van der Waals surface area (Å²) in [5.74, 6) is -1.87. The van der Waals surface area contributed by atoms with Crippen LogP contribution in [0.25, 0.3) is 39.0 Å². The van der Waals surface area contributed by atoms with E-state index in [1.165, 1.54) is 0 Å². The summed E-state index contributed by atoms with van der Waals surface area (Å²) >= 11 is 0. The predicted molar refractivity (Wildman–Crippen MR) is 146 cm³/mol. The normalized spacial score (nSPS) is 16.0. The van der Waals surface area contributed by atoms with E-state index in [1.54, 1.807) is 35.1 Å². The Morgan fingerprint density at radius 3 is 2.62 bits per heavy atom. The Balaban J connectivity index is 1.35. The minimum Gasteiger partial charge on any atom is -0.378 e. The number of ether oxygens (including phenoxy) is 1. The number of aromatic nitrogens is 5. The Kier molecular flexibility index (Phi) is 6.90. The van der Waals surface area contributed by atoms with Gasteiger partial charge in [0, 0.05) is 53.5 Å². The molecule has 1 N–H and O–H groups in total. The molecular weight excluding hydrogens is 538 g/mol. The summed E-state index contributed by atoms with van der Waals surface area (Å²) in [4.78, 5) is 3.92. The lowest BCUT2D eigenvalue weighted by atomic mass is 9.99. The van der Waals surface area contributed by atoms with Gasteiger partial charge in [-0.3, -0.25) is 9.67 Å². The fraction of sp³-hybridized carbons (Fsp3) is 0.250. The Labute approximate surface area is 229 Å². The minimum absolute atomic E-state index is 0.0660. The minimum atomic E-state index is -3.38. The largest absolute Gasteiger partial charge is 0.378 e. The molecule has 0 amide bonds. The van der Waals surface area contributed by atoms with E-state index < -0.39 is 21.5 Å². The summed E-state index contributed by atoms with van der Waals surface area (Å²) in [6.45, 7) is 2.89. The van der Waals surface area contributed by atoms with Crippen LogP contribution in [0.15, 0.2) is 67.4 Å². The third-order valence-corrected chi connectivity index (χ3v) is 7.56. The Morgan fingerprint density at radius 1 is 1.00 bits per heavy atom. The highest BCUT2D eigenvalue weighted by molar-refractivity contribution is 7.89. The van der Waals surface area contributed by atoms with Crippen molar-refractivity contribution in [2.24, 2.45) is 0 Å². The molecule has 1 aliphatic heterocycles. The van der Waals surface area contributed by atoms with E-state index in [4.69, 9.17) is 4.74 Å². The number of fused-ring (bicyclic) bond motifs is 1. The molecule has 5 heterocycles. The van der Waals surface area contributed by atoms with Gasteiger partial charge in [0.1, 0.15) is 11.5 Å². The predicted octanol–water partition coefficient (Wildman–Crippen LogP) is 3.74. The summed E-state index contributed by atoms with van der Waals surface area (Å²) in [6.07, 6.45) is 9.42. The maximum absolute atomic E-state index is 14.6. The van der Waals surface area contributed by atoms with Gasteiger partial charge in [-0.25, -0.2) is 21.7 Å². The van der Waals surface area contributed by atoms with E-state index in [0.717, 1.165) is 53.9 Å². The first-order valence-electron chi connectivity index (χ1n) is 12.7. The van der Waals surface area contributed by atoms with Gasteiger partial charge in [0.15, 0.2) is 15.7 Å². The number of nitrogens with zero attached hydrogens (tertiary/aromatic N) is 5. The third kappa shape index (κ3) is 5.64. The van der Waals surface area contributed by atoms with Crippen molar-refractivity contribution >= 4 is 15.4 Å². The van der Waals surface area contributed by atoms with Gasteiger partial charge in [0.2, 0.25) is 0 Å². The van der Waals surface area contributed by atoms with Crippen LogP contribution in [0.1, 0.15) is 5.56 Å². The van der Waals surface area contributed by atoms with Crippen molar-refractivity contribution in [2.45, 2.75) is 18.3 Å². The van der Waals surface area contributed by atoms with Gasteiger partial charge in [-0.15, -0.1) is 0 Å². The summed E-state index contributed by atoms with van der Waals surface area (Å²) in [5, 5.41) is 12.4. The lowest BCUT2D eigenvalue weighted by Gasteiger charge is -2.23. The van der Waals surface area contributed by atoms with Crippen molar-refractivity contribution in [2.75, 3.05) is 26.0 Å². The molecule has 5 aromatic rings. The van der Waals surface area contributed by atoms with Crippen molar-refractivity contribution < 1.29 is 21.9 Å². The number of halogens is 2. The maximum Gasteiger partial charge on any atom is 0.152 e. The quantitative estimate of drug-likeness (QED) is 0.321. The molecule has 6 rings (SSSR count). The zero-order chi connectivity index (χ0) is 27.9. The van der Waals surface area contributed by atoms with Crippen LogP contribution in [0.5, 0.6) is 0 Å². The summed E-state index contributed by atoms with van der Waals surface area (Å²) in [7, 11) is -3.38. The lowest BCUT2D eigenvalue weighted by molar-refractivity contribution is 0.0702. The van der Waals surface area contributed by atoms with Crippen molar-refractivity contribution in [1.29, 1.82) is 0 Å². The molecule has 1 saturated heterocycles. The van der Waals surface area contributed by atoms with Gasteiger partial charge in [-0.2, -0.15) is 10.2 Å². The van der Waals surface area contributed by atoms with Gasteiger partial charge in [0.05, 0.1) is 55.7 Å². The molecule has 1 aromatic carbocycles. The van der Waals surface area contributed by atoms with E-state index in [2.05, 4.69) is 20.5 Å². The van der Waals surface area contributed by atoms with E-state index in [9.17, 15) is 17.2 Å². The van der Waals surface area contributed by atoms with Gasteiger partial charge in [-0.05, 0) is 35.4 Å². The van der Waals surface area contributed by atoms with Crippen LogP contribution in [0, 0.1) is 11.6 Å². The standard InChI is InChI=1S/C28H26F2N6O3S/c1-40(37,38)17-18-6-20(8-21(7-18)28-26(30)9-23(29)11-32-28)25-12-34-36-14-19(2-3-27(25)36)22-10-33-35(13-22)15-24-16-39-5-4-31-24/h2-3,6-14,24,31H,4-5,15-17H2,1H3. The molecule has 1 atom stereocenters. The number of hydrogen-bond acceptors (Lipinski definition) is 7. The fourth-order valence-corrected chi connectivity index (χ4v) is 5.72. The van der Waals surface area contributed by atoms with Crippen LogP contribution in [0.3, 0.4) is 0 Å². The van der Waals surface area contributed by atoms with Crippen LogP contribution in [0.2, 0.25) is 0 Å². The van der Waals surface area contributed by atoms with Gasteiger partial charge in [0.25, 0.3) is 0 Å². The number of nitrogens with one attached hydrogen (secondary N) is 1. The van der Waals surface area contributed by atoms with E-state index in [-0.39, 0.29) is 17.5 Å². The average Bonchev–Trinajstić information content (AvgIpc) is 3.55. The number of morpholine rings is 1. The molecule has 1 fully saturated rings. The molecule has 1 unspecified atom stereocenters. The van der Waals surface area contributed by atoms with Gasteiger partial charge >= 0.3 is 0 Å². The fourth-order valence-electron chi connectivity index (χ4n) is 4.95. The first-order valence-corrected chi connectivity index (χ1v) is 14.7. The smallest absolute Gasteiger partial charge is 0.152 e. The SMILES string of the molecule is CS(=O)(=O)Cc1cc(-c2ncc(F)cc2F)cc(-c2cnn3cc(-c4cnn(CC5COCCN5)c4)ccc23)c1. The molecule has 0 saturated carbocycles. The second-order valence-corrected chi connectivity index (χ2v) is 12.1. The molecule has 0 radical (unpaired) electrons. The van der Waals surface area contributed by atoms with Crippen LogP contribution < -0.4 is 5.32 Å². The highest BCUT2D eigenvalue weighted by Gasteiger charge is 2.17. The van der Waals surface area contributed by atoms with Crippen LogP contribution in [-0.2, 0) is 26.9 Å². The Bertz CT molecular complexity index is 1810. The van der Waals surface area contributed by atoms with Crippen molar-refractivity contribution in [3.8, 4) is 33.5 Å². The molecule has 0 bridgehead atoms. The lowest BCUT2D eigenvalue weighted by Crippen LogP contribution is -2.43. The highest BCUT2D eigenvalue weighted by atomic mass is 32.2. The molecule has 12 heteroatoms. The van der Waals surface area contributed by atoms with E-state index in [0.29, 0.717) is 29.8 Å². The van der Waals surface area contributed by atoms with E-state index >= 15 is 0 Å². The van der Waals surface area contributed by atoms with Crippen LogP contribution in [-0.4, -0.2) is 64.9 Å². The number of rotatable bonds is 7. The summed E-state index contributed by atoms with van der Waals surface area (Å²) in [6, 6.07) is 9.85. The van der Waals surface area contributed by atoms with Gasteiger partial charge in [-0.1, -0.05) is 6.07 Å². The van der Waals surface area contributed by atoms with Crippen LogP contribution >= 0.6 is 0 Å². The molecule has 40 heavy (non-hydrogen) atoms. The topological polar surface area (TPSA) is 103 Å². The molecule has 206 valence electrons. The van der Waals surface area contributed by atoms with Crippen molar-refractivity contribution in [3.05, 3.63) is 84.6 Å². The molecule has 0 aliphatic carbocycles. The first kappa shape index (κ1) is 26.2. The molecule has 9 nitrogen and oxygen atoms in total. The average molecular weight is 565 g/mol. The zero-order valence-electron chi connectivity index (χ0n) is 21.6. The second-order valence-electron chi connectivity index (χ2n) is 9.96. The highest BCUT2D eigenvalue weighted by Crippen LogP contribution is 2.33. The Morgan fingerprint density at radius 2 is 1.85 bits per heavy atom. The van der Waals surface area contributed by atoms with Crippen LogP contribution in [0.4, 0.5) is 8.78 Å². The van der Waals surface area contributed by atoms with Gasteiger partial charge < -0.3 is 10.1 Å². The maximum atomic E-state index is 14.6. The zero-order valence-corrected chi connectivity index (χ0v) is 22.4. The Hall–Kier alpha value is -4.00. The van der Waals surface area contributed by atoms with Crippen molar-refractivity contribution in [3.63, 3.8) is 0 Å². The number of sulfone groups is 1. The first-order chi connectivity index (χ1) is 19.2. The van der Waals surface area contributed by atoms with E-state index in [1.807, 2.05) is 29.2 Å². The summed E-state index contributed by atoms with van der Waals surface area (Å²) in [5.41, 5.74) is 4.73. The molecular formula is C28H26F2N6O3S. The number of hydrogen-bond donors (Lipinski definition) is 1. The third-order valence-electron chi connectivity index (χ3n) is 6.70. The second kappa shape index (κ2) is 10.5. The molecule has 4 aromatic heterocycles.